The first kappa shape index (κ1) is 18.8. The molecule has 0 aliphatic heterocycles. The fraction of sp³-hybridized carbons (Fsp3) is 0.167. The summed E-state index contributed by atoms with van der Waals surface area (Å²) < 4.78 is 0. The summed E-state index contributed by atoms with van der Waals surface area (Å²) in [5.41, 5.74) is -0.332. The fourth-order valence-corrected chi connectivity index (χ4v) is 2.39. The molecule has 2 rings (SSSR count). The second kappa shape index (κ2) is 8.52. The van der Waals surface area contributed by atoms with Crippen LogP contribution in [0.15, 0.2) is 48.5 Å². The number of hydrogen-bond acceptors (Lipinski definition) is 5. The molecule has 0 aliphatic rings. The van der Waals surface area contributed by atoms with Crippen molar-refractivity contribution in [2.24, 2.45) is 0 Å². The van der Waals surface area contributed by atoms with E-state index in [1.807, 2.05) is 0 Å². The monoisotopic (exact) mass is 356 g/mol. The van der Waals surface area contributed by atoms with E-state index >= 15 is 0 Å². The largest absolute Gasteiger partial charge is 0.481 e. The molecule has 2 N–H and O–H groups in total. The van der Waals surface area contributed by atoms with Crippen LogP contribution in [0.1, 0.15) is 39.1 Å². The number of ketones is 1. The smallest absolute Gasteiger partial charge is 0.303 e. The summed E-state index contributed by atoms with van der Waals surface area (Å²) in [6.45, 7) is 0.138. The van der Waals surface area contributed by atoms with Gasteiger partial charge in [0.1, 0.15) is 5.56 Å². The van der Waals surface area contributed by atoms with Crippen molar-refractivity contribution in [1.82, 2.24) is 5.32 Å². The maximum Gasteiger partial charge on any atom is 0.303 e. The third-order valence-corrected chi connectivity index (χ3v) is 3.61. The van der Waals surface area contributed by atoms with Gasteiger partial charge < -0.3 is 10.4 Å². The van der Waals surface area contributed by atoms with E-state index in [4.69, 9.17) is 5.11 Å². The summed E-state index contributed by atoms with van der Waals surface area (Å²) in [5, 5.41) is 22.3. The Morgan fingerprint density at radius 1 is 0.962 bits per heavy atom. The van der Waals surface area contributed by atoms with Crippen LogP contribution in [-0.2, 0) is 4.79 Å². The predicted octanol–water partition coefficient (Wildman–Crippen LogP) is 2.42. The molecule has 2 aromatic carbocycles. The normalized spacial score (nSPS) is 10.2. The zero-order valence-electron chi connectivity index (χ0n) is 13.7. The Morgan fingerprint density at radius 2 is 1.54 bits per heavy atom. The molecule has 0 heterocycles. The van der Waals surface area contributed by atoms with Crippen molar-refractivity contribution in [2.75, 3.05) is 6.54 Å². The average Bonchev–Trinajstić information content (AvgIpc) is 2.64. The summed E-state index contributed by atoms with van der Waals surface area (Å²) in [6.07, 6.45) is 0.165. The van der Waals surface area contributed by atoms with Gasteiger partial charge in [-0.15, -0.1) is 0 Å². The van der Waals surface area contributed by atoms with E-state index in [9.17, 15) is 24.5 Å². The van der Waals surface area contributed by atoms with Gasteiger partial charge in [0.05, 0.1) is 10.5 Å². The molecule has 0 unspecified atom stereocenters. The first-order valence-corrected chi connectivity index (χ1v) is 7.79. The van der Waals surface area contributed by atoms with E-state index in [-0.39, 0.29) is 41.8 Å². The first-order valence-electron chi connectivity index (χ1n) is 7.79. The third kappa shape index (κ3) is 4.50. The van der Waals surface area contributed by atoms with Gasteiger partial charge in [-0.1, -0.05) is 30.3 Å². The number of carbonyl (C=O) groups excluding carboxylic acids is 2. The predicted molar refractivity (Wildman–Crippen MR) is 92.2 cm³/mol. The lowest BCUT2D eigenvalue weighted by Crippen LogP contribution is -2.26. The Labute approximate surface area is 148 Å². The van der Waals surface area contributed by atoms with Crippen molar-refractivity contribution in [2.45, 2.75) is 12.8 Å². The van der Waals surface area contributed by atoms with E-state index in [0.29, 0.717) is 0 Å². The zero-order chi connectivity index (χ0) is 19.1. The summed E-state index contributed by atoms with van der Waals surface area (Å²) >= 11 is 0. The number of nitrogens with zero attached hydrogens (tertiary/aromatic N) is 1. The standard InChI is InChI=1S/C18H16N2O6/c21-16(22)10-5-11-19-18(24)13-7-2-1-6-12(13)17(23)14-8-3-4-9-15(14)20(25)26/h1-4,6-9H,5,10-11H2,(H,19,24)(H,21,22). The maximum absolute atomic E-state index is 12.8. The Balaban J connectivity index is 2.26. The molecule has 0 aliphatic carbocycles. The number of carboxylic acids is 1. The summed E-state index contributed by atoms with van der Waals surface area (Å²) in [7, 11) is 0. The van der Waals surface area contributed by atoms with Gasteiger partial charge in [0, 0.05) is 24.6 Å². The minimum absolute atomic E-state index is 0.0394. The van der Waals surface area contributed by atoms with Crippen LogP contribution >= 0.6 is 0 Å². The topological polar surface area (TPSA) is 127 Å². The quantitative estimate of drug-likeness (QED) is 0.324. The zero-order valence-corrected chi connectivity index (χ0v) is 13.7. The lowest BCUT2D eigenvalue weighted by molar-refractivity contribution is -0.385. The molecule has 0 fully saturated rings. The number of nitrogens with one attached hydrogen (secondary N) is 1. The van der Waals surface area contributed by atoms with Gasteiger partial charge >= 0.3 is 5.97 Å². The number of hydrogen-bond donors (Lipinski definition) is 2. The van der Waals surface area contributed by atoms with Gasteiger partial charge in [-0.05, 0) is 18.6 Å². The highest BCUT2D eigenvalue weighted by atomic mass is 16.6. The van der Waals surface area contributed by atoms with Gasteiger partial charge in [-0.25, -0.2) is 0 Å². The molecular weight excluding hydrogens is 340 g/mol. The number of para-hydroxylation sites is 1. The van der Waals surface area contributed by atoms with Crippen LogP contribution < -0.4 is 5.32 Å². The minimum atomic E-state index is -0.966. The van der Waals surface area contributed by atoms with Crippen molar-refractivity contribution >= 4 is 23.3 Å². The number of carboxylic acid groups (broad SMARTS) is 1. The van der Waals surface area contributed by atoms with Gasteiger partial charge in [0.15, 0.2) is 0 Å². The molecule has 0 atom stereocenters. The number of aliphatic carboxylic acids is 1. The lowest BCUT2D eigenvalue weighted by atomic mass is 9.97. The molecule has 0 aromatic heterocycles. The Morgan fingerprint density at radius 3 is 2.15 bits per heavy atom. The van der Waals surface area contributed by atoms with Crippen molar-refractivity contribution in [3.63, 3.8) is 0 Å². The lowest BCUT2D eigenvalue weighted by Gasteiger charge is -2.09. The molecule has 8 heteroatoms. The van der Waals surface area contributed by atoms with Gasteiger partial charge in [-0.2, -0.15) is 0 Å². The summed E-state index contributed by atoms with van der Waals surface area (Å²) in [5.74, 6) is -2.14. The number of carbonyl (C=O) groups is 3. The molecular formula is C18H16N2O6. The van der Waals surface area contributed by atoms with Crippen LogP contribution in [0.5, 0.6) is 0 Å². The Hall–Kier alpha value is -3.55. The van der Waals surface area contributed by atoms with Crippen LogP contribution in [0.4, 0.5) is 5.69 Å². The molecule has 0 radical (unpaired) electrons. The van der Waals surface area contributed by atoms with Gasteiger partial charge in [0.25, 0.3) is 11.6 Å². The second-order valence-corrected chi connectivity index (χ2v) is 5.40. The molecule has 26 heavy (non-hydrogen) atoms. The number of benzene rings is 2. The molecule has 0 bridgehead atoms. The number of nitro benzene ring substituents is 1. The second-order valence-electron chi connectivity index (χ2n) is 5.40. The maximum atomic E-state index is 12.8. The third-order valence-electron chi connectivity index (χ3n) is 3.61. The van der Waals surface area contributed by atoms with E-state index in [1.54, 1.807) is 12.1 Å². The van der Waals surface area contributed by atoms with E-state index in [1.165, 1.54) is 36.4 Å². The van der Waals surface area contributed by atoms with Crippen molar-refractivity contribution in [1.29, 1.82) is 0 Å². The Bertz CT molecular complexity index is 862. The first-order chi connectivity index (χ1) is 12.4. The van der Waals surface area contributed by atoms with Gasteiger partial charge in [0.2, 0.25) is 5.78 Å². The van der Waals surface area contributed by atoms with E-state index in [0.717, 1.165) is 0 Å². The Kier molecular flexibility index (Phi) is 6.15. The van der Waals surface area contributed by atoms with Crippen LogP contribution in [0.25, 0.3) is 0 Å². The average molecular weight is 356 g/mol. The molecule has 0 saturated heterocycles. The number of nitro groups is 1. The number of amides is 1. The molecule has 1 amide bonds. The minimum Gasteiger partial charge on any atom is -0.481 e. The molecule has 2 aromatic rings. The highest BCUT2D eigenvalue weighted by Crippen LogP contribution is 2.23. The molecule has 8 nitrogen and oxygen atoms in total. The highest BCUT2D eigenvalue weighted by molar-refractivity contribution is 6.16. The fourth-order valence-electron chi connectivity index (χ4n) is 2.39. The van der Waals surface area contributed by atoms with Crippen LogP contribution in [0.3, 0.4) is 0 Å². The SMILES string of the molecule is O=C(O)CCCNC(=O)c1ccccc1C(=O)c1ccccc1[N+](=O)[O-]. The molecule has 0 spiro atoms. The van der Waals surface area contributed by atoms with E-state index < -0.39 is 22.6 Å². The molecule has 0 saturated carbocycles. The van der Waals surface area contributed by atoms with Crippen LogP contribution in [-0.4, -0.2) is 34.2 Å². The van der Waals surface area contributed by atoms with Crippen molar-refractivity contribution < 1.29 is 24.4 Å². The summed E-state index contributed by atoms with van der Waals surface area (Å²) in [4.78, 5) is 46.0. The van der Waals surface area contributed by atoms with Crippen molar-refractivity contribution in [3.05, 3.63) is 75.3 Å². The summed E-state index contributed by atoms with van der Waals surface area (Å²) in [6, 6.07) is 11.5. The highest BCUT2D eigenvalue weighted by Gasteiger charge is 2.24. The van der Waals surface area contributed by atoms with Crippen LogP contribution in [0, 0.1) is 10.1 Å². The van der Waals surface area contributed by atoms with Gasteiger partial charge in [-0.3, -0.25) is 24.5 Å². The van der Waals surface area contributed by atoms with Crippen LogP contribution in [0.2, 0.25) is 0 Å². The van der Waals surface area contributed by atoms with E-state index in [2.05, 4.69) is 5.32 Å². The number of rotatable bonds is 8. The van der Waals surface area contributed by atoms with Crippen molar-refractivity contribution in [3.8, 4) is 0 Å². The molecule has 134 valence electrons.